The summed E-state index contributed by atoms with van der Waals surface area (Å²) in [5.74, 6) is 0.617. The number of nitrogens with zero attached hydrogens (tertiary/aromatic N) is 1. The molecule has 0 aliphatic carbocycles. The highest BCUT2D eigenvalue weighted by atomic mass is 79.9. The van der Waals surface area contributed by atoms with Crippen molar-refractivity contribution < 1.29 is 13.2 Å². The third-order valence-corrected chi connectivity index (χ3v) is 6.92. The first-order valence-corrected chi connectivity index (χ1v) is 11.4. The Kier molecular flexibility index (Phi) is 6.42. The van der Waals surface area contributed by atoms with Crippen molar-refractivity contribution in [3.8, 4) is 5.75 Å². The zero-order valence-corrected chi connectivity index (χ0v) is 18.2. The zero-order valence-electron chi connectivity index (χ0n) is 15.8. The fourth-order valence-electron chi connectivity index (χ4n) is 3.00. The molecule has 6 heteroatoms. The lowest BCUT2D eigenvalue weighted by molar-refractivity contribution is 0.414. The van der Waals surface area contributed by atoms with Crippen molar-refractivity contribution in [1.29, 1.82) is 0 Å². The Labute approximate surface area is 175 Å². The molecule has 0 bridgehead atoms. The maximum atomic E-state index is 13.5. The molecule has 3 aromatic carbocycles. The Morgan fingerprint density at radius 3 is 2.18 bits per heavy atom. The number of hydrogen-bond donors (Lipinski definition) is 0. The van der Waals surface area contributed by atoms with Gasteiger partial charge in [-0.3, -0.25) is 4.31 Å². The molecule has 0 radical (unpaired) electrons. The van der Waals surface area contributed by atoms with Crippen LogP contribution in [0.4, 0.5) is 5.69 Å². The van der Waals surface area contributed by atoms with Gasteiger partial charge in [-0.15, -0.1) is 0 Å². The molecule has 0 heterocycles. The van der Waals surface area contributed by atoms with E-state index in [0.29, 0.717) is 11.4 Å². The van der Waals surface area contributed by atoms with Gasteiger partial charge >= 0.3 is 0 Å². The van der Waals surface area contributed by atoms with Gasteiger partial charge in [0.2, 0.25) is 0 Å². The lowest BCUT2D eigenvalue weighted by Gasteiger charge is -2.26. The molecule has 0 aliphatic heterocycles. The lowest BCUT2D eigenvalue weighted by Crippen LogP contribution is -2.31. The molecule has 3 aromatic rings. The highest BCUT2D eigenvalue weighted by Crippen LogP contribution is 2.30. The molecular formula is C22H22BrNO3S. The number of anilines is 1. The van der Waals surface area contributed by atoms with Crippen molar-refractivity contribution in [2.75, 3.05) is 11.4 Å². The molecule has 146 valence electrons. The van der Waals surface area contributed by atoms with Gasteiger partial charge in [0.15, 0.2) is 0 Å². The predicted molar refractivity (Wildman–Crippen MR) is 117 cm³/mol. The van der Waals surface area contributed by atoms with Gasteiger partial charge in [0, 0.05) is 5.33 Å². The van der Waals surface area contributed by atoms with Crippen LogP contribution < -0.4 is 9.04 Å². The molecule has 0 saturated carbocycles. The highest BCUT2D eigenvalue weighted by molar-refractivity contribution is 9.08. The SMILES string of the molecule is COc1ccc(S(=O)(=O)N(Cc2ccccc2)c2ccc(CBr)cc2C)cc1. The fourth-order valence-corrected chi connectivity index (χ4v) is 4.87. The molecule has 0 fully saturated rings. The van der Waals surface area contributed by atoms with Gasteiger partial charge in [-0.2, -0.15) is 0 Å². The van der Waals surface area contributed by atoms with Crippen LogP contribution in [-0.2, 0) is 21.9 Å². The second kappa shape index (κ2) is 8.80. The summed E-state index contributed by atoms with van der Waals surface area (Å²) in [7, 11) is -2.20. The summed E-state index contributed by atoms with van der Waals surface area (Å²) in [5.41, 5.74) is 3.60. The Morgan fingerprint density at radius 2 is 1.61 bits per heavy atom. The molecule has 0 aromatic heterocycles. The molecule has 0 spiro atoms. The summed E-state index contributed by atoms with van der Waals surface area (Å²) >= 11 is 3.45. The van der Waals surface area contributed by atoms with Crippen LogP contribution in [0.15, 0.2) is 77.7 Å². The van der Waals surface area contributed by atoms with Gasteiger partial charge in [0.1, 0.15) is 5.75 Å². The van der Waals surface area contributed by atoms with Gasteiger partial charge in [-0.1, -0.05) is 58.4 Å². The molecule has 0 unspecified atom stereocenters. The summed E-state index contributed by atoms with van der Waals surface area (Å²) in [6.07, 6.45) is 0. The topological polar surface area (TPSA) is 46.6 Å². The monoisotopic (exact) mass is 459 g/mol. The van der Waals surface area contributed by atoms with Crippen LogP contribution in [0, 0.1) is 6.92 Å². The summed E-state index contributed by atoms with van der Waals surface area (Å²) in [4.78, 5) is 0.230. The van der Waals surface area contributed by atoms with E-state index >= 15 is 0 Å². The van der Waals surface area contributed by atoms with E-state index in [-0.39, 0.29) is 11.4 Å². The van der Waals surface area contributed by atoms with Crippen LogP contribution in [0.3, 0.4) is 0 Å². The van der Waals surface area contributed by atoms with E-state index in [0.717, 1.165) is 22.0 Å². The molecular weight excluding hydrogens is 438 g/mol. The first kappa shape index (κ1) is 20.4. The Balaban J connectivity index is 2.09. The minimum atomic E-state index is -3.75. The van der Waals surface area contributed by atoms with Gasteiger partial charge in [0.25, 0.3) is 10.0 Å². The Bertz CT molecular complexity index is 1040. The van der Waals surface area contributed by atoms with E-state index in [9.17, 15) is 8.42 Å². The maximum Gasteiger partial charge on any atom is 0.264 e. The van der Waals surface area contributed by atoms with Crippen LogP contribution in [0.2, 0.25) is 0 Å². The molecule has 0 aliphatic rings. The molecule has 0 N–H and O–H groups in total. The van der Waals surface area contributed by atoms with Crippen molar-refractivity contribution in [3.63, 3.8) is 0 Å². The van der Waals surface area contributed by atoms with E-state index in [1.54, 1.807) is 31.4 Å². The van der Waals surface area contributed by atoms with Crippen molar-refractivity contribution in [2.24, 2.45) is 0 Å². The number of ether oxygens (including phenoxy) is 1. The van der Waals surface area contributed by atoms with Gasteiger partial charge in [0.05, 0.1) is 24.2 Å². The number of aryl methyl sites for hydroxylation is 1. The number of alkyl halides is 1. The third kappa shape index (κ3) is 4.39. The third-order valence-electron chi connectivity index (χ3n) is 4.50. The number of methoxy groups -OCH3 is 1. The summed E-state index contributed by atoms with van der Waals surface area (Å²) in [5, 5.41) is 0.720. The van der Waals surface area contributed by atoms with E-state index in [1.165, 1.54) is 4.31 Å². The first-order valence-electron chi connectivity index (χ1n) is 8.82. The Hall–Kier alpha value is -2.31. The minimum absolute atomic E-state index is 0.230. The van der Waals surface area contributed by atoms with E-state index < -0.39 is 10.0 Å². The smallest absolute Gasteiger partial charge is 0.264 e. The zero-order chi connectivity index (χ0) is 20.1. The second-order valence-electron chi connectivity index (χ2n) is 6.43. The van der Waals surface area contributed by atoms with Crippen molar-refractivity contribution >= 4 is 31.6 Å². The number of rotatable bonds is 7. The van der Waals surface area contributed by atoms with Crippen molar-refractivity contribution in [3.05, 3.63) is 89.5 Å². The van der Waals surface area contributed by atoms with E-state index in [4.69, 9.17) is 4.74 Å². The largest absolute Gasteiger partial charge is 0.497 e. The molecule has 0 amide bonds. The van der Waals surface area contributed by atoms with Crippen molar-refractivity contribution in [2.45, 2.75) is 23.7 Å². The average molecular weight is 460 g/mol. The number of benzene rings is 3. The van der Waals surface area contributed by atoms with Gasteiger partial charge in [-0.05, 0) is 53.9 Å². The van der Waals surface area contributed by atoms with Crippen LogP contribution in [0.1, 0.15) is 16.7 Å². The van der Waals surface area contributed by atoms with Gasteiger partial charge in [-0.25, -0.2) is 8.42 Å². The van der Waals surface area contributed by atoms with Crippen LogP contribution in [-0.4, -0.2) is 15.5 Å². The second-order valence-corrected chi connectivity index (χ2v) is 8.85. The molecule has 3 rings (SSSR count). The quantitative estimate of drug-likeness (QED) is 0.450. The number of hydrogen-bond acceptors (Lipinski definition) is 3. The highest BCUT2D eigenvalue weighted by Gasteiger charge is 2.26. The molecule has 28 heavy (non-hydrogen) atoms. The summed E-state index contributed by atoms with van der Waals surface area (Å²) < 4.78 is 33.7. The number of halogens is 1. The standard InChI is InChI=1S/C22H22BrNO3S/c1-17-14-19(15-23)8-13-22(17)24(16-18-6-4-3-5-7-18)28(25,26)21-11-9-20(27-2)10-12-21/h3-14H,15-16H2,1-2H3. The van der Waals surface area contributed by atoms with Crippen LogP contribution in [0.5, 0.6) is 5.75 Å². The minimum Gasteiger partial charge on any atom is -0.497 e. The molecule has 4 nitrogen and oxygen atoms in total. The van der Waals surface area contributed by atoms with E-state index in [2.05, 4.69) is 15.9 Å². The molecule has 0 atom stereocenters. The fraction of sp³-hybridized carbons (Fsp3) is 0.182. The lowest BCUT2D eigenvalue weighted by atomic mass is 10.1. The summed E-state index contributed by atoms with van der Waals surface area (Å²) in [6, 6.07) is 21.9. The average Bonchev–Trinajstić information content (AvgIpc) is 2.73. The molecule has 0 saturated heterocycles. The van der Waals surface area contributed by atoms with Crippen LogP contribution >= 0.6 is 15.9 Å². The number of sulfonamides is 1. The first-order chi connectivity index (χ1) is 13.5. The normalized spacial score (nSPS) is 11.2. The van der Waals surface area contributed by atoms with Crippen molar-refractivity contribution in [1.82, 2.24) is 0 Å². The predicted octanol–water partition coefficient (Wildman–Crippen LogP) is 5.29. The van der Waals surface area contributed by atoms with Crippen LogP contribution in [0.25, 0.3) is 0 Å². The van der Waals surface area contributed by atoms with E-state index in [1.807, 2.05) is 55.5 Å². The van der Waals surface area contributed by atoms with Gasteiger partial charge < -0.3 is 4.74 Å². The Morgan fingerprint density at radius 1 is 0.929 bits per heavy atom. The maximum absolute atomic E-state index is 13.5. The summed E-state index contributed by atoms with van der Waals surface area (Å²) in [6.45, 7) is 2.19.